The average Bonchev–Trinajstić information content (AvgIpc) is 2.79. The summed E-state index contributed by atoms with van der Waals surface area (Å²) >= 11 is 0. The maximum Gasteiger partial charge on any atom is 0.314 e. The molecule has 2 aliphatic rings. The topological polar surface area (TPSA) is 37.3 Å². The lowest BCUT2D eigenvalue weighted by Gasteiger charge is -2.37. The molecular formula is C28H44O2. The van der Waals surface area contributed by atoms with Crippen molar-refractivity contribution in [3.63, 3.8) is 0 Å². The van der Waals surface area contributed by atoms with Gasteiger partial charge in [-0.15, -0.1) is 0 Å². The molecule has 2 aliphatic carbocycles. The van der Waals surface area contributed by atoms with Crippen molar-refractivity contribution in [1.82, 2.24) is 0 Å². The van der Waals surface area contributed by atoms with Gasteiger partial charge in [-0.05, 0) is 80.2 Å². The maximum absolute atomic E-state index is 12.4. The van der Waals surface area contributed by atoms with Crippen LogP contribution in [0.5, 0.6) is 0 Å². The molecule has 0 amide bonds. The van der Waals surface area contributed by atoms with E-state index in [1.165, 1.54) is 76.2 Å². The van der Waals surface area contributed by atoms with Crippen LogP contribution in [0.1, 0.15) is 127 Å². The first-order chi connectivity index (χ1) is 14.6. The lowest BCUT2D eigenvalue weighted by Crippen LogP contribution is -2.39. The minimum Gasteiger partial charge on any atom is -0.481 e. The SMILES string of the molecule is CCCCCCCC1CCC(C(=O)O)(c2ccc(C3CCC(CC)CC3)cc2)CC1. The molecule has 2 saturated carbocycles. The molecule has 1 aromatic carbocycles. The maximum atomic E-state index is 12.4. The van der Waals surface area contributed by atoms with Gasteiger partial charge in [0.25, 0.3) is 0 Å². The number of unbranched alkanes of at least 4 members (excludes halogenated alkanes) is 4. The van der Waals surface area contributed by atoms with Crippen LogP contribution in [0.25, 0.3) is 0 Å². The Balaban J connectivity index is 1.57. The summed E-state index contributed by atoms with van der Waals surface area (Å²) in [6.07, 6.45) is 18.3. The van der Waals surface area contributed by atoms with Gasteiger partial charge < -0.3 is 5.11 Å². The van der Waals surface area contributed by atoms with E-state index >= 15 is 0 Å². The first-order valence-corrected chi connectivity index (χ1v) is 12.9. The van der Waals surface area contributed by atoms with Crippen molar-refractivity contribution in [3.8, 4) is 0 Å². The molecule has 0 unspecified atom stereocenters. The molecule has 2 fully saturated rings. The molecule has 2 heteroatoms. The second kappa shape index (κ2) is 11.3. The lowest BCUT2D eigenvalue weighted by molar-refractivity contribution is -0.145. The average molecular weight is 413 g/mol. The molecule has 1 N–H and O–H groups in total. The molecule has 3 rings (SSSR count). The number of rotatable bonds is 10. The molecule has 0 heterocycles. The molecule has 0 bridgehead atoms. The Bertz CT molecular complexity index is 631. The van der Waals surface area contributed by atoms with Gasteiger partial charge in [-0.25, -0.2) is 0 Å². The highest BCUT2D eigenvalue weighted by Crippen LogP contribution is 2.44. The Morgan fingerprint density at radius 1 is 0.867 bits per heavy atom. The zero-order chi connectivity index (χ0) is 21.4. The number of carbonyl (C=O) groups is 1. The van der Waals surface area contributed by atoms with Crippen molar-refractivity contribution in [3.05, 3.63) is 35.4 Å². The van der Waals surface area contributed by atoms with E-state index in [-0.39, 0.29) is 0 Å². The molecular weight excluding hydrogens is 368 g/mol. The first-order valence-electron chi connectivity index (χ1n) is 12.9. The number of hydrogen-bond acceptors (Lipinski definition) is 1. The van der Waals surface area contributed by atoms with Crippen LogP contribution in [0, 0.1) is 11.8 Å². The van der Waals surface area contributed by atoms with Crippen molar-refractivity contribution in [2.24, 2.45) is 11.8 Å². The molecule has 2 nitrogen and oxygen atoms in total. The van der Waals surface area contributed by atoms with Gasteiger partial charge >= 0.3 is 5.97 Å². The van der Waals surface area contributed by atoms with E-state index in [0.29, 0.717) is 5.92 Å². The van der Waals surface area contributed by atoms with E-state index in [4.69, 9.17) is 0 Å². The zero-order valence-corrected chi connectivity index (χ0v) is 19.5. The summed E-state index contributed by atoms with van der Waals surface area (Å²) in [6, 6.07) is 8.80. The summed E-state index contributed by atoms with van der Waals surface area (Å²) < 4.78 is 0. The van der Waals surface area contributed by atoms with E-state index in [0.717, 1.165) is 43.1 Å². The van der Waals surface area contributed by atoms with Crippen LogP contribution in [0.4, 0.5) is 0 Å². The molecule has 1 aromatic rings. The second-order valence-corrected chi connectivity index (χ2v) is 10.3. The van der Waals surface area contributed by atoms with Gasteiger partial charge in [0.15, 0.2) is 0 Å². The predicted molar refractivity (Wildman–Crippen MR) is 126 cm³/mol. The Hall–Kier alpha value is -1.31. The molecule has 0 radical (unpaired) electrons. The van der Waals surface area contributed by atoms with E-state index in [1.54, 1.807) is 0 Å². The fourth-order valence-corrected chi connectivity index (χ4v) is 6.10. The van der Waals surface area contributed by atoms with Crippen LogP contribution in [0.3, 0.4) is 0 Å². The van der Waals surface area contributed by atoms with Crippen LogP contribution in [0.15, 0.2) is 24.3 Å². The summed E-state index contributed by atoms with van der Waals surface area (Å²) in [4.78, 5) is 12.4. The minimum absolute atomic E-state index is 0.611. The summed E-state index contributed by atoms with van der Waals surface area (Å²) in [5, 5.41) is 10.2. The Labute approximate surface area is 184 Å². The summed E-state index contributed by atoms with van der Waals surface area (Å²) in [6.45, 7) is 4.57. The number of hydrogen-bond donors (Lipinski definition) is 1. The largest absolute Gasteiger partial charge is 0.481 e. The fraction of sp³-hybridized carbons (Fsp3) is 0.750. The van der Waals surface area contributed by atoms with Gasteiger partial charge in [-0.2, -0.15) is 0 Å². The normalized spacial score (nSPS) is 29.6. The monoisotopic (exact) mass is 412 g/mol. The minimum atomic E-state index is -0.656. The molecule has 0 aliphatic heterocycles. The molecule has 0 spiro atoms. The van der Waals surface area contributed by atoms with Gasteiger partial charge in [-0.3, -0.25) is 4.79 Å². The highest BCUT2D eigenvalue weighted by Gasteiger charge is 2.43. The van der Waals surface area contributed by atoms with Gasteiger partial charge in [0, 0.05) is 0 Å². The highest BCUT2D eigenvalue weighted by molar-refractivity contribution is 5.81. The van der Waals surface area contributed by atoms with E-state index in [1.807, 2.05) is 0 Å². The zero-order valence-electron chi connectivity index (χ0n) is 19.5. The summed E-state index contributed by atoms with van der Waals surface area (Å²) in [5.74, 6) is 1.70. The molecule has 168 valence electrons. The summed E-state index contributed by atoms with van der Waals surface area (Å²) in [5.41, 5.74) is 1.81. The molecule has 0 atom stereocenters. The predicted octanol–water partition coefficient (Wildman–Crippen LogP) is 8.24. The molecule has 0 saturated heterocycles. The van der Waals surface area contributed by atoms with Gasteiger partial charge in [-0.1, -0.05) is 83.1 Å². The quantitative estimate of drug-likeness (QED) is 0.393. The van der Waals surface area contributed by atoms with Gasteiger partial charge in [0.05, 0.1) is 5.41 Å². The van der Waals surface area contributed by atoms with Crippen LogP contribution in [0.2, 0.25) is 0 Å². The fourth-order valence-electron chi connectivity index (χ4n) is 6.10. The van der Waals surface area contributed by atoms with E-state index in [2.05, 4.69) is 38.1 Å². The smallest absolute Gasteiger partial charge is 0.314 e. The number of aliphatic carboxylic acids is 1. The number of benzene rings is 1. The van der Waals surface area contributed by atoms with Crippen molar-refractivity contribution < 1.29 is 9.90 Å². The van der Waals surface area contributed by atoms with Crippen molar-refractivity contribution in [2.45, 2.75) is 121 Å². The van der Waals surface area contributed by atoms with Crippen molar-refractivity contribution >= 4 is 5.97 Å². The molecule has 30 heavy (non-hydrogen) atoms. The second-order valence-electron chi connectivity index (χ2n) is 10.3. The standard InChI is InChI=1S/C28H44O2/c1-3-5-6-7-8-9-23-18-20-28(21-19-23,27(29)30)26-16-14-25(15-17-26)24-12-10-22(4-2)11-13-24/h14-17,22-24H,3-13,18-21H2,1-2H3,(H,29,30). The van der Waals surface area contributed by atoms with Crippen molar-refractivity contribution in [1.29, 1.82) is 0 Å². The van der Waals surface area contributed by atoms with Crippen molar-refractivity contribution in [2.75, 3.05) is 0 Å². The van der Waals surface area contributed by atoms with E-state index < -0.39 is 11.4 Å². The van der Waals surface area contributed by atoms with Gasteiger partial charge in [0.1, 0.15) is 0 Å². The van der Waals surface area contributed by atoms with E-state index in [9.17, 15) is 9.90 Å². The lowest BCUT2D eigenvalue weighted by atomic mass is 9.65. The third kappa shape index (κ3) is 5.68. The van der Waals surface area contributed by atoms with Crippen LogP contribution in [-0.4, -0.2) is 11.1 Å². The highest BCUT2D eigenvalue weighted by atomic mass is 16.4. The van der Waals surface area contributed by atoms with Crippen LogP contribution in [-0.2, 0) is 10.2 Å². The number of carboxylic acids is 1. The Morgan fingerprint density at radius 2 is 1.50 bits per heavy atom. The first kappa shape index (κ1) is 23.4. The third-order valence-corrected chi connectivity index (χ3v) is 8.44. The molecule has 0 aromatic heterocycles. The third-order valence-electron chi connectivity index (χ3n) is 8.44. The Kier molecular flexibility index (Phi) is 8.84. The van der Waals surface area contributed by atoms with Gasteiger partial charge in [0.2, 0.25) is 0 Å². The summed E-state index contributed by atoms with van der Waals surface area (Å²) in [7, 11) is 0. The van der Waals surface area contributed by atoms with Crippen LogP contribution >= 0.6 is 0 Å². The van der Waals surface area contributed by atoms with Crippen LogP contribution < -0.4 is 0 Å². The Morgan fingerprint density at radius 3 is 2.07 bits per heavy atom. The number of carboxylic acid groups (broad SMARTS) is 1.